The highest BCUT2D eigenvalue weighted by molar-refractivity contribution is 7.18. The molecule has 0 amide bonds. The molecule has 2 aliphatic heterocycles. The summed E-state index contributed by atoms with van der Waals surface area (Å²) >= 11 is 1.35. The summed E-state index contributed by atoms with van der Waals surface area (Å²) in [4.78, 5) is 47.7. The number of ether oxygens (including phenoxy) is 3. The van der Waals surface area contributed by atoms with Crippen molar-refractivity contribution in [2.45, 2.75) is 63.9 Å². The van der Waals surface area contributed by atoms with Gasteiger partial charge in [-0.05, 0) is 57.3 Å². The molecule has 0 spiro atoms. The molecule has 0 radical (unpaired) electrons. The zero-order valence-corrected chi connectivity index (χ0v) is 25.2. The minimum absolute atomic E-state index is 0.0455. The monoisotopic (exact) mass is 608 g/mol. The average molecular weight is 609 g/mol. The van der Waals surface area contributed by atoms with Crippen molar-refractivity contribution in [3.63, 3.8) is 0 Å². The number of benzene rings is 1. The molecule has 2 fully saturated rings. The predicted molar refractivity (Wildman–Crippen MR) is 161 cm³/mol. The molecule has 2 saturated heterocycles. The molecule has 0 bridgehead atoms. The molecule has 0 aliphatic carbocycles. The largest absolute Gasteiger partial charge is 0.496 e. The molecule has 2 unspecified atom stereocenters. The van der Waals surface area contributed by atoms with E-state index in [4.69, 9.17) is 18.6 Å². The van der Waals surface area contributed by atoms with Crippen LogP contribution in [0.25, 0.3) is 16.2 Å². The minimum Gasteiger partial charge on any atom is -0.496 e. The molecule has 4 aromatic rings. The molecule has 43 heavy (non-hydrogen) atoms. The van der Waals surface area contributed by atoms with Crippen LogP contribution in [-0.4, -0.2) is 64.9 Å². The Morgan fingerprint density at radius 3 is 2.70 bits per heavy atom. The van der Waals surface area contributed by atoms with E-state index < -0.39 is 23.4 Å². The number of hydrogen-bond acceptors (Lipinski definition) is 10. The third-order valence-electron chi connectivity index (χ3n) is 8.33. The Kier molecular flexibility index (Phi) is 8.89. The van der Waals surface area contributed by atoms with Crippen LogP contribution in [-0.2, 0) is 20.7 Å². The summed E-state index contributed by atoms with van der Waals surface area (Å²) in [6, 6.07) is 7.18. The Labute approximate surface area is 252 Å². The number of likely N-dealkylation sites (tertiary alicyclic amines) is 1. The van der Waals surface area contributed by atoms with Gasteiger partial charge in [-0.25, -0.2) is 14.3 Å². The maximum absolute atomic E-state index is 14.2. The topological polar surface area (TPSA) is 118 Å². The first kappa shape index (κ1) is 29.5. The number of carbonyl (C=O) groups is 1. The Morgan fingerprint density at radius 2 is 2.02 bits per heavy atom. The number of carbonyl (C=O) groups excluding carboxylic acids is 1. The number of oxazole rings is 1. The van der Waals surface area contributed by atoms with E-state index >= 15 is 0 Å². The standard InChI is InChI=1S/C31H36N4O7S/c1-20-25(18-24(42-26-10-5-6-16-40-26)22-8-3-4-9-23(22)39-2)43-29-27(20)28(37)34(21(11-15-36)19-33-13-7-14-33)31(38)35(29)30-32-12-17-41-30/h3-4,8-9,12,15,17,21,24,26H,5-7,10-11,13-14,16,18-19H2,1-2H3/t21?,24-,26?/m1/s1. The number of para-hydroxylation sites is 1. The van der Waals surface area contributed by atoms with Crippen molar-refractivity contribution in [1.82, 2.24) is 19.0 Å². The molecule has 5 heterocycles. The lowest BCUT2D eigenvalue weighted by Crippen LogP contribution is -2.48. The van der Waals surface area contributed by atoms with Gasteiger partial charge in [-0.2, -0.15) is 0 Å². The number of thiophene rings is 1. The van der Waals surface area contributed by atoms with Crippen LogP contribution >= 0.6 is 11.3 Å². The van der Waals surface area contributed by atoms with Gasteiger partial charge >= 0.3 is 11.7 Å². The quantitative estimate of drug-likeness (QED) is 0.218. The Balaban J connectivity index is 1.49. The van der Waals surface area contributed by atoms with Gasteiger partial charge in [0, 0.05) is 36.4 Å². The third-order valence-corrected chi connectivity index (χ3v) is 9.63. The van der Waals surface area contributed by atoms with Gasteiger partial charge in [0.2, 0.25) is 0 Å². The number of aryl methyl sites for hydroxylation is 1. The first-order valence-corrected chi connectivity index (χ1v) is 15.6. The van der Waals surface area contributed by atoms with Gasteiger partial charge in [-0.1, -0.05) is 18.2 Å². The van der Waals surface area contributed by atoms with Crippen LogP contribution in [0.15, 0.2) is 50.7 Å². The maximum atomic E-state index is 14.2. The van der Waals surface area contributed by atoms with E-state index in [2.05, 4.69) is 9.88 Å². The first-order chi connectivity index (χ1) is 21.0. The zero-order valence-electron chi connectivity index (χ0n) is 24.4. The van der Waals surface area contributed by atoms with Gasteiger partial charge in [0.05, 0.1) is 30.8 Å². The number of aromatic nitrogens is 3. The predicted octanol–water partition coefficient (Wildman–Crippen LogP) is 4.18. The lowest BCUT2D eigenvalue weighted by molar-refractivity contribution is -0.189. The van der Waals surface area contributed by atoms with Gasteiger partial charge in [0.25, 0.3) is 5.56 Å². The smallest absolute Gasteiger partial charge is 0.340 e. The van der Waals surface area contributed by atoms with Gasteiger partial charge < -0.3 is 28.3 Å². The molecule has 12 heteroatoms. The highest BCUT2D eigenvalue weighted by atomic mass is 32.1. The van der Waals surface area contributed by atoms with Crippen LogP contribution < -0.4 is 16.0 Å². The first-order valence-electron chi connectivity index (χ1n) is 14.8. The summed E-state index contributed by atoms with van der Waals surface area (Å²) < 4.78 is 26.3. The SMILES string of the molecule is COc1ccccc1[C@@H](Cc1sc2c(c1C)c(=O)n(C(CC=O)CN1CCC1)c(=O)n2-c1ncco1)OC1CCCCO1. The number of rotatable bonds is 12. The molecule has 2 aliphatic rings. The maximum Gasteiger partial charge on any atom is 0.340 e. The minimum atomic E-state index is -0.612. The molecule has 0 N–H and O–H groups in total. The van der Waals surface area contributed by atoms with Crippen LogP contribution in [0.2, 0.25) is 0 Å². The van der Waals surface area contributed by atoms with E-state index in [1.165, 1.54) is 32.9 Å². The van der Waals surface area contributed by atoms with Crippen molar-refractivity contribution in [2.24, 2.45) is 0 Å². The van der Waals surface area contributed by atoms with E-state index in [0.717, 1.165) is 61.1 Å². The van der Waals surface area contributed by atoms with Crippen molar-refractivity contribution in [2.75, 3.05) is 33.4 Å². The molecule has 0 saturated carbocycles. The summed E-state index contributed by atoms with van der Waals surface area (Å²) in [5.74, 6) is 0.698. The average Bonchev–Trinajstić information content (AvgIpc) is 3.63. The van der Waals surface area contributed by atoms with Crippen molar-refractivity contribution in [3.8, 4) is 11.8 Å². The number of aldehydes is 1. The molecule has 6 rings (SSSR count). The summed E-state index contributed by atoms with van der Waals surface area (Å²) in [5.41, 5.74) is 0.633. The Bertz CT molecular complexity index is 1680. The molecule has 3 aromatic heterocycles. The van der Waals surface area contributed by atoms with Crippen molar-refractivity contribution < 1.29 is 23.4 Å². The summed E-state index contributed by atoms with van der Waals surface area (Å²) in [6.07, 6.45) is 7.18. The summed E-state index contributed by atoms with van der Waals surface area (Å²) in [5, 5.41) is 0.407. The van der Waals surface area contributed by atoms with Gasteiger partial charge in [0.1, 0.15) is 23.1 Å². The van der Waals surface area contributed by atoms with Gasteiger partial charge in [0.15, 0.2) is 6.29 Å². The molecular weight excluding hydrogens is 572 g/mol. The Morgan fingerprint density at radius 1 is 1.19 bits per heavy atom. The van der Waals surface area contributed by atoms with Crippen molar-refractivity contribution >= 4 is 27.8 Å². The second kappa shape index (κ2) is 13.0. The van der Waals surface area contributed by atoms with Gasteiger partial charge in [-0.15, -0.1) is 11.3 Å². The number of methoxy groups -OCH3 is 1. The van der Waals surface area contributed by atoms with Crippen LogP contribution in [0, 0.1) is 6.92 Å². The molecule has 11 nitrogen and oxygen atoms in total. The van der Waals surface area contributed by atoms with Crippen LogP contribution in [0.5, 0.6) is 5.75 Å². The Hall–Kier alpha value is -3.58. The highest BCUT2D eigenvalue weighted by Gasteiger charge is 2.30. The number of nitrogens with zero attached hydrogens (tertiary/aromatic N) is 4. The van der Waals surface area contributed by atoms with Crippen molar-refractivity contribution in [3.05, 3.63) is 73.6 Å². The molecule has 228 valence electrons. The fourth-order valence-electron chi connectivity index (χ4n) is 5.94. The summed E-state index contributed by atoms with van der Waals surface area (Å²) in [6.45, 7) is 4.72. The van der Waals surface area contributed by atoms with E-state index in [1.54, 1.807) is 7.11 Å². The van der Waals surface area contributed by atoms with Crippen molar-refractivity contribution in [1.29, 1.82) is 0 Å². The van der Waals surface area contributed by atoms with E-state index in [1.807, 2.05) is 31.2 Å². The highest BCUT2D eigenvalue weighted by Crippen LogP contribution is 2.38. The van der Waals surface area contributed by atoms with Crippen LogP contribution in [0.3, 0.4) is 0 Å². The number of hydrogen-bond donors (Lipinski definition) is 0. The second-order valence-corrected chi connectivity index (χ2v) is 12.1. The van der Waals surface area contributed by atoms with E-state index in [-0.39, 0.29) is 18.7 Å². The van der Waals surface area contributed by atoms with E-state index in [0.29, 0.717) is 35.5 Å². The van der Waals surface area contributed by atoms with Crippen LogP contribution in [0.1, 0.15) is 60.3 Å². The fourth-order valence-corrected chi connectivity index (χ4v) is 7.25. The fraction of sp³-hybridized carbons (Fsp3) is 0.484. The zero-order chi connectivity index (χ0) is 29.9. The van der Waals surface area contributed by atoms with Crippen LogP contribution in [0.4, 0.5) is 0 Å². The molecule has 1 aromatic carbocycles. The lowest BCUT2D eigenvalue weighted by atomic mass is 10.0. The van der Waals surface area contributed by atoms with Gasteiger partial charge in [-0.3, -0.25) is 9.36 Å². The molecular formula is C31H36N4O7S. The second-order valence-electron chi connectivity index (χ2n) is 11.0. The normalized spacial score (nSPS) is 18.8. The lowest BCUT2D eigenvalue weighted by Gasteiger charge is -2.34. The summed E-state index contributed by atoms with van der Waals surface area (Å²) in [7, 11) is 1.63. The molecule has 3 atom stereocenters. The third kappa shape index (κ3) is 5.84. The number of fused-ring (bicyclic) bond motifs is 1. The van der Waals surface area contributed by atoms with E-state index in [9.17, 15) is 14.4 Å².